The molecule has 0 bridgehead atoms. The lowest BCUT2D eigenvalue weighted by Gasteiger charge is -2.29. The molecule has 1 unspecified atom stereocenters. The molecule has 0 spiro atoms. The fraction of sp³-hybridized carbons (Fsp3) is 0.400. The maximum Gasteiger partial charge on any atom is 0.336 e. The third-order valence-corrected chi connectivity index (χ3v) is 5.37. The number of hydrogen-bond acceptors (Lipinski definition) is 5. The summed E-state index contributed by atoms with van der Waals surface area (Å²) >= 11 is 0. The van der Waals surface area contributed by atoms with Gasteiger partial charge in [-0.3, -0.25) is 0 Å². The van der Waals surface area contributed by atoms with E-state index in [0.29, 0.717) is 17.5 Å². The maximum atomic E-state index is 12.5. The van der Waals surface area contributed by atoms with Gasteiger partial charge in [0.15, 0.2) is 0 Å². The molecule has 1 aromatic heterocycles. The molecule has 0 radical (unpaired) electrons. The van der Waals surface area contributed by atoms with Gasteiger partial charge in [0.1, 0.15) is 5.58 Å². The summed E-state index contributed by atoms with van der Waals surface area (Å²) in [5.74, 6) is 0. The number of fused-ring (bicyclic) bond motifs is 1. The average Bonchev–Trinajstić information content (AvgIpc) is 2.46. The molecule has 1 aromatic carbocycles. The van der Waals surface area contributed by atoms with Crippen LogP contribution in [0.3, 0.4) is 0 Å². The van der Waals surface area contributed by atoms with E-state index in [9.17, 15) is 13.2 Å². The standard InChI is InChI=1S/C15H18N2O4S/c1-17-8-2-3-12(10-17)16-22(19,20)13-5-6-14-11(9-13)4-7-15(18)21-14/h4-7,9,12,16H,2-3,8,10H2,1H3. The summed E-state index contributed by atoms with van der Waals surface area (Å²) in [6.07, 6.45) is 1.82. The van der Waals surface area contributed by atoms with Gasteiger partial charge in [-0.1, -0.05) is 0 Å². The van der Waals surface area contributed by atoms with Crippen LogP contribution in [0.5, 0.6) is 0 Å². The zero-order valence-electron chi connectivity index (χ0n) is 12.3. The molecule has 3 rings (SSSR count). The van der Waals surface area contributed by atoms with Gasteiger partial charge in [-0.15, -0.1) is 0 Å². The van der Waals surface area contributed by atoms with Crippen LogP contribution < -0.4 is 10.3 Å². The van der Waals surface area contributed by atoms with Gasteiger partial charge in [0.25, 0.3) is 0 Å². The van der Waals surface area contributed by atoms with Gasteiger partial charge >= 0.3 is 5.63 Å². The van der Waals surface area contributed by atoms with Crippen molar-refractivity contribution >= 4 is 21.0 Å². The second kappa shape index (κ2) is 5.83. The Labute approximate surface area is 128 Å². The van der Waals surface area contributed by atoms with E-state index in [-0.39, 0.29) is 10.9 Å². The highest BCUT2D eigenvalue weighted by atomic mass is 32.2. The molecule has 118 valence electrons. The molecule has 1 N–H and O–H groups in total. The molecule has 1 saturated heterocycles. The van der Waals surface area contributed by atoms with Crippen LogP contribution in [0.25, 0.3) is 11.0 Å². The highest BCUT2D eigenvalue weighted by Crippen LogP contribution is 2.19. The number of likely N-dealkylation sites (N-methyl/N-ethyl adjacent to an activating group) is 1. The molecule has 6 nitrogen and oxygen atoms in total. The SMILES string of the molecule is CN1CCCC(NS(=O)(=O)c2ccc3oc(=O)ccc3c2)C1. The summed E-state index contributed by atoms with van der Waals surface area (Å²) in [6.45, 7) is 1.70. The first-order valence-electron chi connectivity index (χ1n) is 7.19. The Kier molecular flexibility index (Phi) is 4.03. The summed E-state index contributed by atoms with van der Waals surface area (Å²) in [6, 6.07) is 7.26. The molecular formula is C15H18N2O4S. The van der Waals surface area contributed by atoms with Gasteiger partial charge in [0, 0.05) is 24.0 Å². The van der Waals surface area contributed by atoms with Crippen LogP contribution >= 0.6 is 0 Å². The van der Waals surface area contributed by atoms with E-state index in [4.69, 9.17) is 4.42 Å². The quantitative estimate of drug-likeness (QED) is 0.858. The van der Waals surface area contributed by atoms with E-state index >= 15 is 0 Å². The first-order valence-corrected chi connectivity index (χ1v) is 8.67. The molecule has 7 heteroatoms. The number of nitrogens with zero attached hydrogens (tertiary/aromatic N) is 1. The van der Waals surface area contributed by atoms with Gasteiger partial charge in [-0.05, 0) is 50.7 Å². The zero-order valence-corrected chi connectivity index (χ0v) is 13.1. The van der Waals surface area contributed by atoms with Gasteiger partial charge < -0.3 is 9.32 Å². The first kappa shape index (κ1) is 15.2. The van der Waals surface area contributed by atoms with E-state index in [1.54, 1.807) is 6.07 Å². The average molecular weight is 322 g/mol. The Bertz CT molecular complexity index is 844. The third kappa shape index (κ3) is 3.21. The molecule has 2 aromatic rings. The Morgan fingerprint density at radius 3 is 2.86 bits per heavy atom. The molecule has 1 aliphatic rings. The maximum absolute atomic E-state index is 12.5. The number of hydrogen-bond donors (Lipinski definition) is 1. The van der Waals surface area contributed by atoms with E-state index < -0.39 is 15.6 Å². The summed E-state index contributed by atoms with van der Waals surface area (Å²) in [5.41, 5.74) is -0.0738. The minimum absolute atomic E-state index is 0.0758. The van der Waals surface area contributed by atoms with Crippen molar-refractivity contribution in [3.63, 3.8) is 0 Å². The Morgan fingerprint density at radius 1 is 1.27 bits per heavy atom. The highest BCUT2D eigenvalue weighted by Gasteiger charge is 2.24. The van der Waals surface area contributed by atoms with Crippen molar-refractivity contribution in [3.05, 3.63) is 40.8 Å². The lowest BCUT2D eigenvalue weighted by molar-refractivity contribution is 0.242. The molecule has 0 amide bonds. The largest absolute Gasteiger partial charge is 0.423 e. The van der Waals surface area contributed by atoms with Crippen molar-refractivity contribution in [1.82, 2.24) is 9.62 Å². The lowest BCUT2D eigenvalue weighted by Crippen LogP contribution is -2.46. The fourth-order valence-corrected chi connectivity index (χ4v) is 4.06. The van der Waals surface area contributed by atoms with Crippen molar-refractivity contribution in [3.8, 4) is 0 Å². The van der Waals surface area contributed by atoms with Gasteiger partial charge in [-0.25, -0.2) is 17.9 Å². The second-order valence-corrected chi connectivity index (χ2v) is 7.39. The predicted octanol–water partition coefficient (Wildman–Crippen LogP) is 1.17. The lowest BCUT2D eigenvalue weighted by atomic mass is 10.1. The summed E-state index contributed by atoms with van der Waals surface area (Å²) < 4.78 is 32.8. The Morgan fingerprint density at radius 2 is 2.09 bits per heavy atom. The second-order valence-electron chi connectivity index (χ2n) is 5.68. The zero-order chi connectivity index (χ0) is 15.7. The summed E-state index contributed by atoms with van der Waals surface area (Å²) in [5, 5.41) is 0.586. The summed E-state index contributed by atoms with van der Waals surface area (Å²) in [7, 11) is -1.60. The van der Waals surface area contributed by atoms with Crippen LogP contribution in [0.4, 0.5) is 0 Å². The topological polar surface area (TPSA) is 79.6 Å². The Hall–Kier alpha value is -1.70. The van der Waals surface area contributed by atoms with E-state index in [1.807, 2.05) is 7.05 Å². The molecule has 2 heterocycles. The fourth-order valence-electron chi connectivity index (χ4n) is 2.77. The number of piperidine rings is 1. The van der Waals surface area contributed by atoms with Crippen LogP contribution in [0.1, 0.15) is 12.8 Å². The van der Waals surface area contributed by atoms with E-state index in [0.717, 1.165) is 19.4 Å². The molecule has 1 fully saturated rings. The van der Waals surface area contributed by atoms with Crippen LogP contribution in [0.2, 0.25) is 0 Å². The molecular weight excluding hydrogens is 304 g/mol. The highest BCUT2D eigenvalue weighted by molar-refractivity contribution is 7.89. The smallest absolute Gasteiger partial charge is 0.336 e. The van der Waals surface area contributed by atoms with Crippen molar-refractivity contribution in [1.29, 1.82) is 0 Å². The third-order valence-electron chi connectivity index (χ3n) is 3.85. The molecule has 1 atom stereocenters. The number of nitrogens with one attached hydrogen (secondary N) is 1. The Balaban J connectivity index is 1.88. The minimum Gasteiger partial charge on any atom is -0.423 e. The minimum atomic E-state index is -3.58. The van der Waals surface area contributed by atoms with Crippen LogP contribution in [0.15, 0.2) is 44.4 Å². The normalized spacial score (nSPS) is 20.3. The number of rotatable bonds is 3. The van der Waals surface area contributed by atoms with Gasteiger partial charge in [-0.2, -0.15) is 0 Å². The number of benzene rings is 1. The monoisotopic (exact) mass is 322 g/mol. The molecule has 0 aliphatic carbocycles. The predicted molar refractivity (Wildman–Crippen MR) is 83.3 cm³/mol. The van der Waals surface area contributed by atoms with Crippen molar-refractivity contribution < 1.29 is 12.8 Å². The van der Waals surface area contributed by atoms with E-state index in [1.165, 1.54) is 24.3 Å². The van der Waals surface area contributed by atoms with Crippen LogP contribution in [-0.2, 0) is 10.0 Å². The number of sulfonamides is 1. The molecule has 1 aliphatic heterocycles. The van der Waals surface area contributed by atoms with Crippen LogP contribution in [0, 0.1) is 0 Å². The van der Waals surface area contributed by atoms with Crippen molar-refractivity contribution in [2.24, 2.45) is 0 Å². The molecule has 0 saturated carbocycles. The van der Waals surface area contributed by atoms with E-state index in [2.05, 4.69) is 9.62 Å². The first-order chi connectivity index (χ1) is 10.4. The van der Waals surface area contributed by atoms with Crippen molar-refractivity contribution in [2.45, 2.75) is 23.8 Å². The van der Waals surface area contributed by atoms with Gasteiger partial charge in [0.2, 0.25) is 10.0 Å². The summed E-state index contributed by atoms with van der Waals surface area (Å²) in [4.78, 5) is 13.5. The van der Waals surface area contributed by atoms with Gasteiger partial charge in [0.05, 0.1) is 4.90 Å². The number of likely N-dealkylation sites (tertiary alicyclic amines) is 1. The molecule has 22 heavy (non-hydrogen) atoms. The van der Waals surface area contributed by atoms with Crippen molar-refractivity contribution in [2.75, 3.05) is 20.1 Å². The van der Waals surface area contributed by atoms with Crippen LogP contribution in [-0.4, -0.2) is 39.5 Å².